The molecule has 1 N–H and O–H groups in total. The second kappa shape index (κ2) is 6.16. The van der Waals surface area contributed by atoms with Gasteiger partial charge in [0.15, 0.2) is 5.82 Å². The molecule has 19 heavy (non-hydrogen) atoms. The Bertz CT molecular complexity index is 567. The van der Waals surface area contributed by atoms with Crippen molar-refractivity contribution in [2.45, 2.75) is 32.7 Å². The second-order valence-electron chi connectivity index (χ2n) is 4.17. The molecule has 2 heterocycles. The quantitative estimate of drug-likeness (QED) is 0.921. The highest BCUT2D eigenvalue weighted by atomic mass is 35.5. The first kappa shape index (κ1) is 14.0. The number of thiophene rings is 1. The van der Waals surface area contributed by atoms with E-state index in [9.17, 15) is 4.79 Å². The van der Waals surface area contributed by atoms with Crippen molar-refractivity contribution in [1.29, 1.82) is 0 Å². The highest BCUT2D eigenvalue weighted by Crippen LogP contribution is 2.26. The number of carbonyl (C=O) groups is 1. The fourth-order valence-corrected chi connectivity index (χ4v) is 2.67. The molecule has 2 rings (SSSR count). The standard InChI is InChI=1S/C12H14ClN3O2S/c1-7(9-3-4-10(13)19-9)14-11(17)5-6-12-15-8(2)16-18-12/h3-4,7H,5-6H2,1-2H3,(H,14,17). The van der Waals surface area contributed by atoms with Gasteiger partial charge in [-0.15, -0.1) is 11.3 Å². The van der Waals surface area contributed by atoms with Crippen LogP contribution in [0.4, 0.5) is 0 Å². The lowest BCUT2D eigenvalue weighted by atomic mass is 10.2. The average molecular weight is 300 g/mol. The van der Waals surface area contributed by atoms with Gasteiger partial charge in [-0.05, 0) is 26.0 Å². The summed E-state index contributed by atoms with van der Waals surface area (Å²) in [7, 11) is 0. The van der Waals surface area contributed by atoms with E-state index in [0.717, 1.165) is 9.21 Å². The molecule has 0 aliphatic rings. The molecule has 1 atom stereocenters. The van der Waals surface area contributed by atoms with Crippen LogP contribution in [0.3, 0.4) is 0 Å². The smallest absolute Gasteiger partial charge is 0.227 e. The van der Waals surface area contributed by atoms with E-state index in [1.54, 1.807) is 6.92 Å². The third-order valence-corrected chi connectivity index (χ3v) is 3.95. The zero-order valence-corrected chi connectivity index (χ0v) is 12.2. The normalized spacial score (nSPS) is 12.4. The molecule has 0 aliphatic carbocycles. The molecule has 7 heteroatoms. The molecular formula is C12H14ClN3O2S. The third-order valence-electron chi connectivity index (χ3n) is 2.53. The molecular weight excluding hydrogens is 286 g/mol. The van der Waals surface area contributed by atoms with E-state index in [0.29, 0.717) is 24.6 Å². The van der Waals surface area contributed by atoms with Crippen LogP contribution in [0, 0.1) is 6.92 Å². The van der Waals surface area contributed by atoms with Crippen LogP contribution in [0.25, 0.3) is 0 Å². The van der Waals surface area contributed by atoms with E-state index < -0.39 is 0 Å². The fourth-order valence-electron chi connectivity index (χ4n) is 1.61. The topological polar surface area (TPSA) is 68.0 Å². The monoisotopic (exact) mass is 299 g/mol. The maximum absolute atomic E-state index is 11.8. The zero-order valence-electron chi connectivity index (χ0n) is 10.6. The second-order valence-corrected chi connectivity index (χ2v) is 5.91. The van der Waals surface area contributed by atoms with Crippen molar-refractivity contribution in [2.75, 3.05) is 0 Å². The average Bonchev–Trinajstić information content (AvgIpc) is 2.95. The predicted molar refractivity (Wildman–Crippen MR) is 73.2 cm³/mol. The summed E-state index contributed by atoms with van der Waals surface area (Å²) in [6.45, 7) is 3.67. The summed E-state index contributed by atoms with van der Waals surface area (Å²) in [6, 6.07) is 3.69. The number of carbonyl (C=O) groups excluding carboxylic acids is 1. The molecule has 0 radical (unpaired) electrons. The van der Waals surface area contributed by atoms with Crippen LogP contribution in [-0.4, -0.2) is 16.0 Å². The Morgan fingerprint density at radius 2 is 2.37 bits per heavy atom. The maximum atomic E-state index is 11.8. The number of nitrogens with zero attached hydrogens (tertiary/aromatic N) is 2. The van der Waals surface area contributed by atoms with E-state index in [-0.39, 0.29) is 11.9 Å². The molecule has 5 nitrogen and oxygen atoms in total. The van der Waals surface area contributed by atoms with Crippen molar-refractivity contribution >= 4 is 28.8 Å². The molecule has 2 aromatic heterocycles. The highest BCUT2D eigenvalue weighted by molar-refractivity contribution is 7.16. The van der Waals surface area contributed by atoms with Crippen molar-refractivity contribution in [2.24, 2.45) is 0 Å². The van der Waals surface area contributed by atoms with Crippen LogP contribution in [0.1, 0.15) is 36.0 Å². The summed E-state index contributed by atoms with van der Waals surface area (Å²) in [6.07, 6.45) is 0.773. The first-order valence-corrected chi connectivity index (χ1v) is 7.08. The first-order chi connectivity index (χ1) is 9.04. The van der Waals surface area contributed by atoms with Crippen molar-refractivity contribution in [1.82, 2.24) is 15.5 Å². The van der Waals surface area contributed by atoms with Crippen LogP contribution in [0.2, 0.25) is 4.34 Å². The fraction of sp³-hybridized carbons (Fsp3) is 0.417. The van der Waals surface area contributed by atoms with Gasteiger partial charge >= 0.3 is 0 Å². The van der Waals surface area contributed by atoms with Crippen molar-refractivity contribution < 1.29 is 9.32 Å². The number of aromatic nitrogens is 2. The molecule has 1 unspecified atom stereocenters. The molecule has 0 saturated carbocycles. The summed E-state index contributed by atoms with van der Waals surface area (Å²) in [4.78, 5) is 16.9. The highest BCUT2D eigenvalue weighted by Gasteiger charge is 2.13. The minimum Gasteiger partial charge on any atom is -0.349 e. The summed E-state index contributed by atoms with van der Waals surface area (Å²) in [5, 5.41) is 6.58. The Kier molecular flexibility index (Phi) is 4.55. The van der Waals surface area contributed by atoms with Gasteiger partial charge in [0, 0.05) is 17.7 Å². The molecule has 0 spiro atoms. The van der Waals surface area contributed by atoms with E-state index >= 15 is 0 Å². The van der Waals surface area contributed by atoms with E-state index in [2.05, 4.69) is 15.5 Å². The maximum Gasteiger partial charge on any atom is 0.227 e. The Hall–Kier alpha value is -1.40. The predicted octanol–water partition coefficient (Wildman–Crippen LogP) is 2.90. The van der Waals surface area contributed by atoms with E-state index in [1.807, 2.05) is 19.1 Å². The number of hydrogen-bond acceptors (Lipinski definition) is 5. The SMILES string of the molecule is Cc1noc(CCC(=O)NC(C)c2ccc(Cl)s2)n1. The first-order valence-electron chi connectivity index (χ1n) is 5.88. The van der Waals surface area contributed by atoms with Gasteiger partial charge in [-0.25, -0.2) is 0 Å². The Balaban J connectivity index is 1.81. The molecule has 0 fully saturated rings. The van der Waals surface area contributed by atoms with Gasteiger partial charge in [-0.2, -0.15) is 4.98 Å². The molecule has 0 saturated heterocycles. The number of amides is 1. The van der Waals surface area contributed by atoms with Crippen LogP contribution in [0.15, 0.2) is 16.7 Å². The van der Waals surface area contributed by atoms with Gasteiger partial charge in [0.1, 0.15) is 0 Å². The number of rotatable bonds is 5. The minimum absolute atomic E-state index is 0.0468. The molecule has 0 bridgehead atoms. The number of halogens is 1. The van der Waals surface area contributed by atoms with Gasteiger partial charge in [-0.3, -0.25) is 4.79 Å². The molecule has 1 amide bonds. The van der Waals surface area contributed by atoms with Crippen molar-refractivity contribution in [3.63, 3.8) is 0 Å². The number of nitrogens with one attached hydrogen (secondary N) is 1. The summed E-state index contributed by atoms with van der Waals surface area (Å²) in [5.41, 5.74) is 0. The largest absolute Gasteiger partial charge is 0.349 e. The van der Waals surface area contributed by atoms with E-state index in [4.69, 9.17) is 16.1 Å². The Morgan fingerprint density at radius 1 is 1.58 bits per heavy atom. The Labute approximate surface area is 120 Å². The van der Waals surface area contributed by atoms with Gasteiger partial charge in [0.05, 0.1) is 10.4 Å². The number of aryl methyl sites for hydroxylation is 2. The van der Waals surface area contributed by atoms with Gasteiger partial charge in [0.2, 0.25) is 11.8 Å². The lowest BCUT2D eigenvalue weighted by Gasteiger charge is -2.11. The van der Waals surface area contributed by atoms with Crippen molar-refractivity contribution in [3.8, 4) is 0 Å². The molecule has 0 aliphatic heterocycles. The zero-order chi connectivity index (χ0) is 13.8. The Morgan fingerprint density at radius 3 is 2.95 bits per heavy atom. The minimum atomic E-state index is -0.0483. The van der Waals surface area contributed by atoms with Crippen LogP contribution < -0.4 is 5.32 Å². The summed E-state index contributed by atoms with van der Waals surface area (Å²) < 4.78 is 5.67. The molecule has 0 aromatic carbocycles. The summed E-state index contributed by atoms with van der Waals surface area (Å²) >= 11 is 7.33. The molecule has 102 valence electrons. The third kappa shape index (κ3) is 4.04. The van der Waals surface area contributed by atoms with E-state index in [1.165, 1.54) is 11.3 Å². The van der Waals surface area contributed by atoms with Crippen LogP contribution in [-0.2, 0) is 11.2 Å². The lowest BCUT2D eigenvalue weighted by molar-refractivity contribution is -0.121. The lowest BCUT2D eigenvalue weighted by Crippen LogP contribution is -2.26. The van der Waals surface area contributed by atoms with Crippen LogP contribution >= 0.6 is 22.9 Å². The number of hydrogen-bond donors (Lipinski definition) is 1. The molecule has 2 aromatic rings. The van der Waals surface area contributed by atoms with Gasteiger partial charge in [0.25, 0.3) is 0 Å². The van der Waals surface area contributed by atoms with Crippen LogP contribution in [0.5, 0.6) is 0 Å². The van der Waals surface area contributed by atoms with Gasteiger partial charge in [-0.1, -0.05) is 16.8 Å². The summed E-state index contributed by atoms with van der Waals surface area (Å²) in [5.74, 6) is 1.02. The van der Waals surface area contributed by atoms with Crippen molar-refractivity contribution in [3.05, 3.63) is 33.1 Å². The van der Waals surface area contributed by atoms with Gasteiger partial charge < -0.3 is 9.84 Å².